The average molecular weight is 617 g/mol. The van der Waals surface area contributed by atoms with E-state index in [1.54, 1.807) is 0 Å². The van der Waals surface area contributed by atoms with Gasteiger partial charge in [-0.05, 0) is 45.4 Å². The lowest BCUT2D eigenvalue weighted by Gasteiger charge is -2.22. The Kier molecular flexibility index (Phi) is 27.1. The fourth-order valence-electron chi connectivity index (χ4n) is 4.15. The second kappa shape index (κ2) is 28.7. The maximum absolute atomic E-state index is 12.6. The SMILES string of the molecule is CC[P+](CCC(=O)NCCCCCCC=O)(OCCC(=O)NCCCCCCC=O)OC(=O)NCCCCCCC=O. The Labute approximate surface area is 252 Å². The highest BCUT2D eigenvalue weighted by atomic mass is 31.2. The maximum atomic E-state index is 12.6. The minimum absolute atomic E-state index is 0.0825. The molecule has 1 unspecified atom stereocenters. The Morgan fingerprint density at radius 3 is 1.48 bits per heavy atom. The molecule has 0 rings (SSSR count). The molecule has 0 aliphatic carbocycles. The summed E-state index contributed by atoms with van der Waals surface area (Å²) >= 11 is 0. The molecule has 0 heterocycles. The van der Waals surface area contributed by atoms with Crippen LogP contribution in [0.25, 0.3) is 0 Å². The van der Waals surface area contributed by atoms with E-state index in [0.717, 1.165) is 95.9 Å². The van der Waals surface area contributed by atoms with Crippen LogP contribution in [0.15, 0.2) is 0 Å². The van der Waals surface area contributed by atoms with E-state index in [-0.39, 0.29) is 37.4 Å². The summed E-state index contributed by atoms with van der Waals surface area (Å²) in [4.78, 5) is 68.6. The van der Waals surface area contributed by atoms with Crippen molar-refractivity contribution in [3.8, 4) is 0 Å². The zero-order valence-corrected chi connectivity index (χ0v) is 26.6. The molecule has 0 aromatic rings. The highest BCUT2D eigenvalue weighted by Gasteiger charge is 2.44. The van der Waals surface area contributed by atoms with Gasteiger partial charge >= 0.3 is 13.8 Å². The van der Waals surface area contributed by atoms with Crippen LogP contribution in [-0.4, -0.2) is 75.3 Å². The fraction of sp³-hybridized carbons (Fsp3) is 0.800. The first-order valence-electron chi connectivity index (χ1n) is 15.8. The Hall–Kier alpha value is -2.39. The fourth-order valence-corrected chi connectivity index (χ4v) is 6.39. The van der Waals surface area contributed by atoms with Crippen molar-refractivity contribution in [2.24, 2.45) is 0 Å². The third kappa shape index (κ3) is 24.2. The molecule has 0 fully saturated rings. The van der Waals surface area contributed by atoms with Crippen molar-refractivity contribution in [2.75, 3.05) is 38.6 Å². The smallest absolute Gasteiger partial charge is 0.356 e. The number of unbranched alkanes of at least 4 members (excludes halogenated alkanes) is 12. The van der Waals surface area contributed by atoms with Crippen molar-refractivity contribution in [3.63, 3.8) is 0 Å². The summed E-state index contributed by atoms with van der Waals surface area (Å²) in [6.45, 7) is 3.48. The van der Waals surface area contributed by atoms with Crippen molar-refractivity contribution in [1.29, 1.82) is 0 Å². The summed E-state index contributed by atoms with van der Waals surface area (Å²) < 4.78 is 11.9. The van der Waals surface area contributed by atoms with Crippen LogP contribution in [0.4, 0.5) is 4.79 Å². The van der Waals surface area contributed by atoms with Gasteiger partial charge in [-0.15, -0.1) is 0 Å². The van der Waals surface area contributed by atoms with E-state index in [1.165, 1.54) is 0 Å². The molecule has 12 heteroatoms. The average Bonchev–Trinajstić information content (AvgIpc) is 2.98. The number of carbonyl (C=O) groups is 6. The zero-order chi connectivity index (χ0) is 31.2. The number of amides is 3. The molecule has 0 aromatic carbocycles. The van der Waals surface area contributed by atoms with E-state index >= 15 is 0 Å². The van der Waals surface area contributed by atoms with E-state index in [4.69, 9.17) is 9.05 Å². The lowest BCUT2D eigenvalue weighted by molar-refractivity contribution is -0.122. The van der Waals surface area contributed by atoms with Crippen molar-refractivity contribution < 1.29 is 37.8 Å². The number of aldehydes is 3. The van der Waals surface area contributed by atoms with Crippen LogP contribution < -0.4 is 16.0 Å². The first-order valence-corrected chi connectivity index (χ1v) is 17.8. The standard InChI is InChI=1S/C30H54N3O8P/c1-2-42(41-30(39)33-22-14-8-5-11-17-25-36,27-19-29(38)32-21-13-7-4-10-16-24-35)40-26-18-28(37)31-20-12-6-3-9-15-23-34/h23-25H,2-22,26-27H2,1H3,(H2-,31,32,33,37,38,39)/p+1. The van der Waals surface area contributed by atoms with Gasteiger partial charge in [0.05, 0.1) is 12.8 Å². The molecule has 3 N–H and O–H groups in total. The highest BCUT2D eigenvalue weighted by Crippen LogP contribution is 2.61. The Bertz CT molecular complexity index is 756. The summed E-state index contributed by atoms with van der Waals surface area (Å²) in [6, 6.07) is 0. The predicted molar refractivity (Wildman–Crippen MR) is 165 cm³/mol. The first-order chi connectivity index (χ1) is 20.4. The molecule has 0 radical (unpaired) electrons. The highest BCUT2D eigenvalue weighted by molar-refractivity contribution is 7.67. The summed E-state index contributed by atoms with van der Waals surface area (Å²) in [7, 11) is -2.77. The summed E-state index contributed by atoms with van der Waals surface area (Å²) in [5.41, 5.74) is 0. The van der Waals surface area contributed by atoms with Crippen molar-refractivity contribution >= 4 is 44.5 Å². The minimum atomic E-state index is -2.77. The molecular weight excluding hydrogens is 561 g/mol. The Morgan fingerprint density at radius 1 is 0.595 bits per heavy atom. The monoisotopic (exact) mass is 616 g/mol. The molecule has 3 amide bonds. The van der Waals surface area contributed by atoms with Crippen LogP contribution in [0.5, 0.6) is 0 Å². The third-order valence-electron chi connectivity index (χ3n) is 6.73. The zero-order valence-electron chi connectivity index (χ0n) is 25.7. The first kappa shape index (κ1) is 39.6. The lowest BCUT2D eigenvalue weighted by atomic mass is 10.1. The van der Waals surface area contributed by atoms with Crippen LogP contribution in [0.2, 0.25) is 0 Å². The normalized spacial score (nSPS) is 12.1. The van der Waals surface area contributed by atoms with Crippen molar-refractivity contribution in [1.82, 2.24) is 16.0 Å². The van der Waals surface area contributed by atoms with Gasteiger partial charge in [-0.2, -0.15) is 4.52 Å². The van der Waals surface area contributed by atoms with Crippen LogP contribution in [0.3, 0.4) is 0 Å². The summed E-state index contributed by atoms with van der Waals surface area (Å²) in [5, 5.41) is 8.53. The Balaban J connectivity index is 4.71. The molecule has 0 saturated carbocycles. The van der Waals surface area contributed by atoms with Gasteiger partial charge in [0.1, 0.15) is 37.8 Å². The third-order valence-corrected chi connectivity index (χ3v) is 9.75. The van der Waals surface area contributed by atoms with E-state index in [0.29, 0.717) is 45.1 Å². The predicted octanol–water partition coefficient (Wildman–Crippen LogP) is 5.06. The molecule has 1 atom stereocenters. The second-order valence-electron chi connectivity index (χ2n) is 10.3. The minimum Gasteiger partial charge on any atom is -0.356 e. The second-order valence-corrected chi connectivity index (χ2v) is 13.5. The van der Waals surface area contributed by atoms with E-state index in [1.807, 2.05) is 6.92 Å². The van der Waals surface area contributed by atoms with Gasteiger partial charge in [0.2, 0.25) is 11.8 Å². The molecule has 0 aliphatic heterocycles. The number of hydrogen-bond donors (Lipinski definition) is 3. The van der Waals surface area contributed by atoms with E-state index < -0.39 is 13.8 Å². The molecule has 42 heavy (non-hydrogen) atoms. The molecule has 0 aromatic heterocycles. The van der Waals surface area contributed by atoms with E-state index in [2.05, 4.69) is 16.0 Å². The van der Waals surface area contributed by atoms with Crippen LogP contribution >= 0.6 is 7.72 Å². The molecule has 242 valence electrons. The molecule has 0 aliphatic rings. The molecule has 0 bridgehead atoms. The number of carbonyl (C=O) groups excluding carboxylic acids is 6. The van der Waals surface area contributed by atoms with Gasteiger partial charge in [0.25, 0.3) is 0 Å². The quantitative estimate of drug-likeness (QED) is 0.0574. The van der Waals surface area contributed by atoms with Gasteiger partial charge in [-0.25, -0.2) is 4.79 Å². The molecular formula is C30H55N3O8P+. The largest absolute Gasteiger partial charge is 0.448 e. The summed E-state index contributed by atoms with van der Waals surface area (Å²) in [6.07, 6.45) is 15.4. The lowest BCUT2D eigenvalue weighted by Crippen LogP contribution is -2.30. The molecule has 11 nitrogen and oxygen atoms in total. The van der Waals surface area contributed by atoms with Crippen LogP contribution in [-0.2, 0) is 33.0 Å². The van der Waals surface area contributed by atoms with Gasteiger partial charge in [0, 0.05) is 38.9 Å². The van der Waals surface area contributed by atoms with Crippen LogP contribution in [0, 0.1) is 0 Å². The van der Waals surface area contributed by atoms with Crippen molar-refractivity contribution in [3.05, 3.63) is 0 Å². The Morgan fingerprint density at radius 2 is 1.02 bits per heavy atom. The molecule has 0 saturated heterocycles. The van der Waals surface area contributed by atoms with Gasteiger partial charge < -0.3 is 30.3 Å². The molecule has 0 spiro atoms. The topological polar surface area (TPSA) is 157 Å². The van der Waals surface area contributed by atoms with Crippen LogP contribution in [0.1, 0.15) is 116 Å². The van der Waals surface area contributed by atoms with Gasteiger partial charge in [0.15, 0.2) is 0 Å². The van der Waals surface area contributed by atoms with Gasteiger partial charge in [-0.3, -0.25) is 14.1 Å². The van der Waals surface area contributed by atoms with Crippen molar-refractivity contribution in [2.45, 2.75) is 116 Å². The van der Waals surface area contributed by atoms with E-state index in [9.17, 15) is 28.8 Å². The summed E-state index contributed by atoms with van der Waals surface area (Å²) in [5.74, 6) is -0.295. The number of nitrogens with one attached hydrogen (secondary N) is 3. The number of rotatable bonds is 30. The van der Waals surface area contributed by atoms with Gasteiger partial charge in [-0.1, -0.05) is 38.5 Å². The maximum Gasteiger partial charge on any atom is 0.448 e. The number of hydrogen-bond acceptors (Lipinski definition) is 8.